The van der Waals surface area contributed by atoms with Gasteiger partial charge in [-0.3, -0.25) is 4.90 Å². The van der Waals surface area contributed by atoms with Gasteiger partial charge in [0.15, 0.2) is 0 Å². The lowest BCUT2D eigenvalue weighted by Gasteiger charge is -2.34. The van der Waals surface area contributed by atoms with E-state index in [1.165, 1.54) is 0 Å². The molecule has 0 rings (SSSR count). The van der Waals surface area contributed by atoms with Crippen LogP contribution < -0.4 is 5.73 Å². The van der Waals surface area contributed by atoms with Crippen molar-refractivity contribution in [2.45, 2.75) is 45.9 Å². The molecule has 0 aromatic carbocycles. The van der Waals surface area contributed by atoms with Crippen LogP contribution in [0.25, 0.3) is 0 Å². The first-order chi connectivity index (χ1) is 5.00. The zero-order valence-corrected chi connectivity index (χ0v) is 7.91. The van der Waals surface area contributed by atoms with Crippen molar-refractivity contribution in [2.24, 2.45) is 5.73 Å². The molecule has 0 aromatic heterocycles. The third kappa shape index (κ3) is 3.18. The molecule has 1 atom stereocenters. The summed E-state index contributed by atoms with van der Waals surface area (Å²) in [5.41, 5.74) is 5.70. The molecular formula is C8H20N2O. The smallest absolute Gasteiger partial charge is 0.0814 e. The topological polar surface area (TPSA) is 49.5 Å². The average Bonchev–Trinajstić information content (AvgIpc) is 1.85. The Morgan fingerprint density at radius 1 is 1.18 bits per heavy atom. The number of aliphatic hydroxyl groups excluding tert-OH is 1. The van der Waals surface area contributed by atoms with Crippen molar-refractivity contribution in [2.75, 3.05) is 6.61 Å². The van der Waals surface area contributed by atoms with E-state index in [1.807, 2.05) is 0 Å². The molecule has 0 aliphatic rings. The highest BCUT2D eigenvalue weighted by molar-refractivity contribution is 4.72. The van der Waals surface area contributed by atoms with Crippen LogP contribution in [0.15, 0.2) is 0 Å². The highest BCUT2D eigenvalue weighted by Crippen LogP contribution is 2.06. The lowest BCUT2D eigenvalue weighted by molar-refractivity contribution is 0.0711. The second-order valence-electron chi connectivity index (χ2n) is 3.38. The third-order valence-corrected chi connectivity index (χ3v) is 1.76. The summed E-state index contributed by atoms with van der Waals surface area (Å²) in [5, 5.41) is 8.84. The minimum Gasteiger partial charge on any atom is -0.393 e. The van der Waals surface area contributed by atoms with Crippen molar-refractivity contribution in [1.82, 2.24) is 4.90 Å². The third-order valence-electron chi connectivity index (χ3n) is 1.76. The van der Waals surface area contributed by atoms with E-state index in [0.29, 0.717) is 12.1 Å². The first kappa shape index (κ1) is 10.9. The van der Waals surface area contributed by atoms with E-state index in [1.54, 1.807) is 0 Å². The second-order valence-corrected chi connectivity index (χ2v) is 3.38. The fraction of sp³-hybridized carbons (Fsp3) is 1.00. The number of nitrogens with two attached hydrogens (primary N) is 1. The first-order valence-corrected chi connectivity index (χ1v) is 4.14. The van der Waals surface area contributed by atoms with Crippen LogP contribution >= 0.6 is 0 Å². The van der Waals surface area contributed by atoms with Crippen LogP contribution in [0, 0.1) is 0 Å². The van der Waals surface area contributed by atoms with Gasteiger partial charge in [0.05, 0.1) is 12.8 Å². The molecule has 3 nitrogen and oxygen atoms in total. The van der Waals surface area contributed by atoms with Crippen LogP contribution in [0.1, 0.15) is 27.7 Å². The molecule has 11 heavy (non-hydrogen) atoms. The predicted octanol–water partition coefficient (Wildman–Crippen LogP) is 0.382. The Balaban J connectivity index is 4.09. The molecule has 1 unspecified atom stereocenters. The highest BCUT2D eigenvalue weighted by Gasteiger charge is 2.19. The van der Waals surface area contributed by atoms with Gasteiger partial charge in [-0.15, -0.1) is 0 Å². The average molecular weight is 160 g/mol. The van der Waals surface area contributed by atoms with Crippen LogP contribution in [0.4, 0.5) is 0 Å². The van der Waals surface area contributed by atoms with Crippen LogP contribution in [0.5, 0.6) is 0 Å². The van der Waals surface area contributed by atoms with Gasteiger partial charge in [-0.1, -0.05) is 0 Å². The molecule has 0 radical (unpaired) electrons. The van der Waals surface area contributed by atoms with E-state index < -0.39 is 0 Å². The Kier molecular flexibility index (Phi) is 4.65. The summed E-state index contributed by atoms with van der Waals surface area (Å²) >= 11 is 0. The van der Waals surface area contributed by atoms with Gasteiger partial charge in [0.1, 0.15) is 0 Å². The van der Waals surface area contributed by atoms with E-state index in [4.69, 9.17) is 10.8 Å². The fourth-order valence-electron chi connectivity index (χ4n) is 1.46. The van der Waals surface area contributed by atoms with E-state index in [9.17, 15) is 0 Å². The molecule has 0 aliphatic heterocycles. The normalized spacial score (nSPS) is 15.0. The summed E-state index contributed by atoms with van der Waals surface area (Å²) in [5.74, 6) is 0. The summed E-state index contributed by atoms with van der Waals surface area (Å²) in [4.78, 5) is 2.08. The molecule has 0 amide bonds. The number of nitrogens with zero attached hydrogens (tertiary/aromatic N) is 1. The maximum Gasteiger partial charge on any atom is 0.0814 e. The lowest BCUT2D eigenvalue weighted by Crippen LogP contribution is -2.51. The van der Waals surface area contributed by atoms with E-state index in [0.717, 1.165) is 0 Å². The van der Waals surface area contributed by atoms with Crippen LogP contribution in [-0.4, -0.2) is 34.9 Å². The van der Waals surface area contributed by atoms with Crippen molar-refractivity contribution in [3.05, 3.63) is 0 Å². The summed E-state index contributed by atoms with van der Waals surface area (Å²) in [6.07, 6.45) is -0.227. The van der Waals surface area contributed by atoms with E-state index >= 15 is 0 Å². The van der Waals surface area contributed by atoms with Crippen molar-refractivity contribution in [3.8, 4) is 0 Å². The minimum absolute atomic E-state index is 0.0242. The fourth-order valence-corrected chi connectivity index (χ4v) is 1.46. The van der Waals surface area contributed by atoms with Crippen LogP contribution in [0.3, 0.4) is 0 Å². The molecule has 0 aliphatic carbocycles. The summed E-state index contributed by atoms with van der Waals surface area (Å²) in [7, 11) is 0. The molecule has 0 aromatic rings. The van der Waals surface area contributed by atoms with Crippen molar-refractivity contribution in [3.63, 3.8) is 0 Å². The lowest BCUT2D eigenvalue weighted by atomic mass is 10.2. The number of aliphatic hydroxyl groups is 1. The van der Waals surface area contributed by atoms with E-state index in [2.05, 4.69) is 32.6 Å². The first-order valence-electron chi connectivity index (χ1n) is 4.14. The number of hydrogen-bond acceptors (Lipinski definition) is 3. The maximum atomic E-state index is 8.84. The molecule has 0 heterocycles. The zero-order chi connectivity index (χ0) is 9.02. The van der Waals surface area contributed by atoms with Gasteiger partial charge in [0.25, 0.3) is 0 Å². The summed E-state index contributed by atoms with van der Waals surface area (Å²) < 4.78 is 0. The minimum atomic E-state index is -0.227. The Morgan fingerprint density at radius 2 is 1.55 bits per heavy atom. The Bertz CT molecular complexity index is 96.3. The largest absolute Gasteiger partial charge is 0.393 e. The predicted molar refractivity (Wildman–Crippen MR) is 47.2 cm³/mol. The van der Waals surface area contributed by atoms with Gasteiger partial charge >= 0.3 is 0 Å². The Morgan fingerprint density at radius 3 is 1.64 bits per heavy atom. The monoisotopic (exact) mass is 160 g/mol. The highest BCUT2D eigenvalue weighted by atomic mass is 16.3. The van der Waals surface area contributed by atoms with Crippen molar-refractivity contribution < 1.29 is 5.11 Å². The molecule has 0 spiro atoms. The number of rotatable bonds is 4. The quantitative estimate of drug-likeness (QED) is 0.585. The summed E-state index contributed by atoms with van der Waals surface area (Å²) in [6.45, 7) is 8.34. The van der Waals surface area contributed by atoms with E-state index in [-0.39, 0.29) is 12.8 Å². The molecule has 0 saturated heterocycles. The van der Waals surface area contributed by atoms with Gasteiger partial charge in [-0.2, -0.15) is 0 Å². The Labute approximate surface area is 69.2 Å². The van der Waals surface area contributed by atoms with Crippen molar-refractivity contribution >= 4 is 0 Å². The van der Waals surface area contributed by atoms with Gasteiger partial charge < -0.3 is 10.8 Å². The van der Waals surface area contributed by atoms with Crippen LogP contribution in [0.2, 0.25) is 0 Å². The standard InChI is InChI=1S/C8H20N2O/c1-6(2)10(7(3)4)8(9)5-11/h6-8,11H,5,9H2,1-4H3. The molecular weight excluding hydrogens is 140 g/mol. The SMILES string of the molecule is CC(C)N(C(C)C)C(N)CO. The van der Waals surface area contributed by atoms with Gasteiger partial charge in [0.2, 0.25) is 0 Å². The van der Waals surface area contributed by atoms with Gasteiger partial charge in [0, 0.05) is 12.1 Å². The molecule has 68 valence electrons. The summed E-state index contributed by atoms with van der Waals surface area (Å²) in [6, 6.07) is 0.772. The van der Waals surface area contributed by atoms with Crippen molar-refractivity contribution in [1.29, 1.82) is 0 Å². The van der Waals surface area contributed by atoms with Crippen LogP contribution in [-0.2, 0) is 0 Å². The molecule has 0 saturated carbocycles. The second kappa shape index (κ2) is 4.70. The Hall–Kier alpha value is -0.120. The molecule has 0 bridgehead atoms. The molecule has 0 fully saturated rings. The number of hydrogen-bond donors (Lipinski definition) is 2. The molecule has 3 N–H and O–H groups in total. The zero-order valence-electron chi connectivity index (χ0n) is 7.91. The molecule has 3 heteroatoms. The van der Waals surface area contributed by atoms with Gasteiger partial charge in [-0.25, -0.2) is 0 Å². The maximum absolute atomic E-state index is 8.84. The van der Waals surface area contributed by atoms with Gasteiger partial charge in [-0.05, 0) is 27.7 Å².